The number of hydrogen-bond acceptors (Lipinski definition) is 5. The number of nitrogens with one attached hydrogen (secondary N) is 2. The molecule has 0 unspecified atom stereocenters. The molecule has 1 aliphatic heterocycles. The molecule has 2 amide bonds. The van der Waals surface area contributed by atoms with Crippen molar-refractivity contribution in [1.29, 1.82) is 0 Å². The van der Waals surface area contributed by atoms with E-state index in [1.807, 2.05) is 31.4 Å². The average molecular weight is 333 g/mol. The molecule has 0 fully saturated rings. The van der Waals surface area contributed by atoms with Gasteiger partial charge in [-0.1, -0.05) is 0 Å². The van der Waals surface area contributed by atoms with Crippen molar-refractivity contribution in [3.63, 3.8) is 0 Å². The molecule has 0 radical (unpaired) electrons. The van der Waals surface area contributed by atoms with Crippen LogP contribution in [0.4, 0.5) is 9.93 Å². The second kappa shape index (κ2) is 6.87. The monoisotopic (exact) mass is 333 g/mol. The van der Waals surface area contributed by atoms with E-state index < -0.39 is 0 Å². The molecule has 23 heavy (non-hydrogen) atoms. The average Bonchev–Trinajstić information content (AvgIpc) is 3.13. The van der Waals surface area contributed by atoms with Crippen LogP contribution in [0.25, 0.3) is 0 Å². The standard InChI is InChI=1S/C16H19N3O3S/c1-3-21-13-7-11-6-10(2)22-14(11)8-12(13)9-18-15(20)19-16-17-4-5-23-16/h4-5,7-8,10H,3,6,9H2,1-2H3,(H2,17,18,19,20)/t10-/m1/s1. The van der Waals surface area contributed by atoms with Gasteiger partial charge in [-0.2, -0.15) is 0 Å². The molecular formula is C16H19N3O3S. The summed E-state index contributed by atoms with van der Waals surface area (Å²) in [6.07, 6.45) is 2.70. The van der Waals surface area contributed by atoms with Crippen LogP contribution in [0.1, 0.15) is 25.0 Å². The van der Waals surface area contributed by atoms with Crippen molar-refractivity contribution in [3.05, 3.63) is 34.8 Å². The topological polar surface area (TPSA) is 72.5 Å². The Morgan fingerprint density at radius 3 is 3.13 bits per heavy atom. The lowest BCUT2D eigenvalue weighted by Gasteiger charge is -2.13. The van der Waals surface area contributed by atoms with Gasteiger partial charge in [-0.3, -0.25) is 5.32 Å². The highest BCUT2D eigenvalue weighted by Crippen LogP contribution is 2.35. The van der Waals surface area contributed by atoms with Gasteiger partial charge in [0.15, 0.2) is 5.13 Å². The Labute approximate surface area is 138 Å². The summed E-state index contributed by atoms with van der Waals surface area (Å²) >= 11 is 1.37. The van der Waals surface area contributed by atoms with Crippen LogP contribution in [0.15, 0.2) is 23.7 Å². The van der Waals surface area contributed by atoms with Gasteiger partial charge in [0.05, 0.1) is 6.61 Å². The number of hydrogen-bond donors (Lipinski definition) is 2. The number of fused-ring (bicyclic) bond motifs is 1. The highest BCUT2D eigenvalue weighted by molar-refractivity contribution is 7.13. The number of nitrogens with zero attached hydrogens (tertiary/aromatic N) is 1. The highest BCUT2D eigenvalue weighted by atomic mass is 32.1. The smallest absolute Gasteiger partial charge is 0.321 e. The number of carbonyl (C=O) groups excluding carboxylic acids is 1. The molecule has 0 saturated heterocycles. The van der Waals surface area contributed by atoms with Crippen molar-refractivity contribution < 1.29 is 14.3 Å². The molecule has 1 aromatic carbocycles. The van der Waals surface area contributed by atoms with E-state index in [4.69, 9.17) is 9.47 Å². The zero-order valence-electron chi connectivity index (χ0n) is 13.1. The van der Waals surface area contributed by atoms with Gasteiger partial charge in [-0.25, -0.2) is 9.78 Å². The van der Waals surface area contributed by atoms with Gasteiger partial charge >= 0.3 is 6.03 Å². The van der Waals surface area contributed by atoms with Gasteiger partial charge in [0.1, 0.15) is 17.6 Å². The summed E-state index contributed by atoms with van der Waals surface area (Å²) in [4.78, 5) is 15.9. The number of urea groups is 1. The molecule has 0 bridgehead atoms. The molecule has 0 saturated carbocycles. The normalized spacial score (nSPS) is 15.7. The first-order valence-corrected chi connectivity index (χ1v) is 8.43. The van der Waals surface area contributed by atoms with Crippen LogP contribution in [0.3, 0.4) is 0 Å². The summed E-state index contributed by atoms with van der Waals surface area (Å²) in [6, 6.07) is 3.67. The Kier molecular flexibility index (Phi) is 4.66. The SMILES string of the molecule is CCOc1cc2c(cc1CNC(=O)Nc1nccs1)O[C@H](C)C2. The molecular weight excluding hydrogens is 314 g/mol. The Hall–Kier alpha value is -2.28. The Balaban J connectivity index is 1.69. The maximum atomic E-state index is 11.9. The van der Waals surface area contributed by atoms with Gasteiger partial charge in [0.25, 0.3) is 0 Å². The van der Waals surface area contributed by atoms with E-state index in [1.54, 1.807) is 6.20 Å². The predicted molar refractivity (Wildman–Crippen MR) is 89.4 cm³/mol. The third kappa shape index (κ3) is 3.73. The molecule has 7 heteroatoms. The van der Waals surface area contributed by atoms with Gasteiger partial charge < -0.3 is 14.8 Å². The fraction of sp³-hybridized carbons (Fsp3) is 0.375. The zero-order chi connectivity index (χ0) is 16.2. The molecule has 1 aliphatic rings. The van der Waals surface area contributed by atoms with Crippen molar-refractivity contribution in [2.45, 2.75) is 32.9 Å². The second-order valence-electron chi connectivity index (χ2n) is 5.28. The lowest BCUT2D eigenvalue weighted by Crippen LogP contribution is -2.28. The van der Waals surface area contributed by atoms with Crippen LogP contribution in [0.2, 0.25) is 0 Å². The summed E-state index contributed by atoms with van der Waals surface area (Å²) < 4.78 is 11.5. The summed E-state index contributed by atoms with van der Waals surface area (Å²) in [6.45, 7) is 4.92. The Bertz CT molecular complexity index is 688. The summed E-state index contributed by atoms with van der Waals surface area (Å²) in [5, 5.41) is 7.88. The van der Waals surface area contributed by atoms with Crippen molar-refractivity contribution in [2.24, 2.45) is 0 Å². The zero-order valence-corrected chi connectivity index (χ0v) is 13.9. The number of carbonyl (C=O) groups is 1. The molecule has 0 spiro atoms. The van der Waals surface area contributed by atoms with Crippen LogP contribution < -0.4 is 20.1 Å². The lowest BCUT2D eigenvalue weighted by molar-refractivity contribution is 0.250. The van der Waals surface area contributed by atoms with Crippen LogP contribution >= 0.6 is 11.3 Å². The van der Waals surface area contributed by atoms with Crippen LogP contribution in [0, 0.1) is 0 Å². The minimum atomic E-state index is -0.294. The summed E-state index contributed by atoms with van der Waals surface area (Å²) in [5.74, 6) is 1.66. The number of rotatable bonds is 5. The van der Waals surface area contributed by atoms with Gasteiger partial charge in [0.2, 0.25) is 0 Å². The van der Waals surface area contributed by atoms with Crippen molar-refractivity contribution in [3.8, 4) is 11.5 Å². The van der Waals surface area contributed by atoms with Crippen LogP contribution in [0.5, 0.6) is 11.5 Å². The number of anilines is 1. The van der Waals surface area contributed by atoms with E-state index in [0.29, 0.717) is 18.3 Å². The maximum absolute atomic E-state index is 11.9. The molecule has 1 atom stereocenters. The van der Waals surface area contributed by atoms with Crippen LogP contribution in [-0.4, -0.2) is 23.7 Å². The maximum Gasteiger partial charge on any atom is 0.321 e. The molecule has 122 valence electrons. The van der Waals surface area contributed by atoms with Gasteiger partial charge in [-0.15, -0.1) is 11.3 Å². The van der Waals surface area contributed by atoms with Crippen molar-refractivity contribution in [1.82, 2.24) is 10.3 Å². The highest BCUT2D eigenvalue weighted by Gasteiger charge is 2.22. The molecule has 3 rings (SSSR count). The fourth-order valence-electron chi connectivity index (χ4n) is 2.51. The third-order valence-corrected chi connectivity index (χ3v) is 4.16. The molecule has 1 aromatic heterocycles. The molecule has 2 aromatic rings. The third-order valence-electron chi connectivity index (χ3n) is 3.47. The largest absolute Gasteiger partial charge is 0.494 e. The molecule has 2 N–H and O–H groups in total. The predicted octanol–water partition coefficient (Wildman–Crippen LogP) is 3.19. The number of aromatic nitrogens is 1. The molecule has 6 nitrogen and oxygen atoms in total. The first-order valence-electron chi connectivity index (χ1n) is 7.55. The minimum Gasteiger partial charge on any atom is -0.494 e. The quantitative estimate of drug-likeness (QED) is 0.881. The minimum absolute atomic E-state index is 0.177. The number of benzene rings is 1. The lowest BCUT2D eigenvalue weighted by atomic mass is 10.1. The Morgan fingerprint density at radius 2 is 2.39 bits per heavy atom. The second-order valence-corrected chi connectivity index (χ2v) is 6.17. The summed E-state index contributed by atoms with van der Waals surface area (Å²) in [7, 11) is 0. The Morgan fingerprint density at radius 1 is 1.52 bits per heavy atom. The van der Waals surface area contributed by atoms with Crippen LogP contribution in [-0.2, 0) is 13.0 Å². The van der Waals surface area contributed by atoms with E-state index in [9.17, 15) is 4.79 Å². The number of ether oxygens (including phenoxy) is 2. The van der Waals surface area contributed by atoms with E-state index >= 15 is 0 Å². The van der Waals surface area contributed by atoms with Gasteiger partial charge in [0, 0.05) is 35.7 Å². The van der Waals surface area contributed by atoms with E-state index in [2.05, 4.69) is 15.6 Å². The van der Waals surface area contributed by atoms with E-state index in [0.717, 1.165) is 29.0 Å². The van der Waals surface area contributed by atoms with E-state index in [1.165, 1.54) is 11.3 Å². The first kappa shape index (κ1) is 15.6. The van der Waals surface area contributed by atoms with Gasteiger partial charge in [-0.05, 0) is 26.0 Å². The fourth-order valence-corrected chi connectivity index (χ4v) is 3.04. The summed E-state index contributed by atoms with van der Waals surface area (Å²) in [5.41, 5.74) is 2.05. The van der Waals surface area contributed by atoms with Crippen molar-refractivity contribution >= 4 is 22.5 Å². The number of amides is 2. The number of thiazole rings is 1. The molecule has 0 aliphatic carbocycles. The van der Waals surface area contributed by atoms with E-state index in [-0.39, 0.29) is 12.1 Å². The van der Waals surface area contributed by atoms with Crippen molar-refractivity contribution in [2.75, 3.05) is 11.9 Å². The molecule has 2 heterocycles. The first-order chi connectivity index (χ1) is 11.2.